The molecule has 0 fully saturated rings. The first kappa shape index (κ1) is 20.0. The molecule has 1 aromatic carbocycles. The van der Waals surface area contributed by atoms with E-state index in [1.54, 1.807) is 23.1 Å². The van der Waals surface area contributed by atoms with Crippen LogP contribution < -0.4 is 0 Å². The summed E-state index contributed by atoms with van der Waals surface area (Å²) in [4.78, 5) is 41.3. The van der Waals surface area contributed by atoms with Crippen molar-refractivity contribution in [2.45, 2.75) is 26.3 Å². The van der Waals surface area contributed by atoms with Gasteiger partial charge in [-0.25, -0.2) is 0 Å². The van der Waals surface area contributed by atoms with E-state index in [9.17, 15) is 14.4 Å². The smallest absolute Gasteiger partial charge is 0.261 e. The molecule has 0 radical (unpaired) electrons. The Bertz CT molecular complexity index is 899. The normalized spacial score (nSPS) is 13.2. The number of thiophene rings is 1. The number of imide groups is 1. The van der Waals surface area contributed by atoms with E-state index in [-0.39, 0.29) is 30.7 Å². The number of hydrogen-bond donors (Lipinski definition) is 0. The van der Waals surface area contributed by atoms with Crippen molar-refractivity contribution in [1.82, 2.24) is 9.80 Å². The van der Waals surface area contributed by atoms with Crippen LogP contribution >= 0.6 is 38.9 Å². The number of rotatable bonds is 7. The number of carbonyl (C=O) groups is 3. The molecule has 0 saturated heterocycles. The molecule has 1 aliphatic rings. The highest BCUT2D eigenvalue weighted by atomic mass is 79.9. The number of benzene rings is 1. The van der Waals surface area contributed by atoms with Crippen molar-refractivity contribution >= 4 is 56.6 Å². The third-order valence-corrected chi connectivity index (χ3v) is 6.12. The van der Waals surface area contributed by atoms with Crippen molar-refractivity contribution in [3.05, 3.63) is 55.1 Å². The highest BCUT2D eigenvalue weighted by Gasteiger charge is 2.35. The van der Waals surface area contributed by atoms with E-state index in [1.807, 2.05) is 19.1 Å². The maximum atomic E-state index is 12.5. The second kappa shape index (κ2) is 8.54. The van der Waals surface area contributed by atoms with Gasteiger partial charge in [-0.15, -0.1) is 11.3 Å². The average molecular weight is 470 g/mol. The first-order chi connectivity index (χ1) is 12.9. The summed E-state index contributed by atoms with van der Waals surface area (Å²) in [6.45, 7) is 3.27. The van der Waals surface area contributed by atoms with E-state index < -0.39 is 0 Å². The summed E-state index contributed by atoms with van der Waals surface area (Å²) >= 11 is 10.7. The van der Waals surface area contributed by atoms with Crippen LogP contribution in [0.1, 0.15) is 45.4 Å². The lowest BCUT2D eigenvalue weighted by Gasteiger charge is -2.21. The Balaban J connectivity index is 1.55. The maximum absolute atomic E-state index is 12.5. The molecule has 3 rings (SSSR count). The van der Waals surface area contributed by atoms with Crippen molar-refractivity contribution in [1.29, 1.82) is 0 Å². The lowest BCUT2D eigenvalue weighted by molar-refractivity contribution is -0.131. The molecule has 2 aromatic rings. The number of hydrogen-bond acceptors (Lipinski definition) is 4. The van der Waals surface area contributed by atoms with Crippen LogP contribution in [0, 0.1) is 0 Å². The van der Waals surface area contributed by atoms with Crippen molar-refractivity contribution in [2.24, 2.45) is 0 Å². The van der Waals surface area contributed by atoms with Crippen LogP contribution in [-0.2, 0) is 11.3 Å². The predicted octanol–water partition coefficient (Wildman–Crippen LogP) is 4.59. The summed E-state index contributed by atoms with van der Waals surface area (Å²) in [5.74, 6) is -0.596. The van der Waals surface area contributed by atoms with Gasteiger partial charge in [0.15, 0.2) is 0 Å². The second-order valence-electron chi connectivity index (χ2n) is 6.17. The maximum Gasteiger partial charge on any atom is 0.261 e. The molecule has 0 spiro atoms. The fourth-order valence-corrected chi connectivity index (χ4v) is 4.48. The van der Waals surface area contributed by atoms with Gasteiger partial charge in [-0.05, 0) is 43.7 Å². The Morgan fingerprint density at radius 1 is 1.19 bits per heavy atom. The molecule has 0 bridgehead atoms. The molecule has 0 N–H and O–H groups in total. The van der Waals surface area contributed by atoms with Gasteiger partial charge in [0.05, 0.1) is 22.0 Å². The van der Waals surface area contributed by atoms with E-state index >= 15 is 0 Å². The lowest BCUT2D eigenvalue weighted by Crippen LogP contribution is -2.33. The zero-order valence-corrected chi connectivity index (χ0v) is 17.9. The van der Waals surface area contributed by atoms with Crippen LogP contribution in [0.4, 0.5) is 0 Å². The van der Waals surface area contributed by atoms with Crippen LogP contribution in [0.5, 0.6) is 0 Å². The third kappa shape index (κ3) is 4.42. The van der Waals surface area contributed by atoms with Gasteiger partial charge in [0, 0.05) is 28.9 Å². The zero-order chi connectivity index (χ0) is 19.6. The average Bonchev–Trinajstić information content (AvgIpc) is 3.15. The number of amides is 3. The molecule has 1 aromatic heterocycles. The Morgan fingerprint density at radius 3 is 2.59 bits per heavy atom. The van der Waals surface area contributed by atoms with Crippen LogP contribution in [0.3, 0.4) is 0 Å². The molecule has 0 saturated carbocycles. The van der Waals surface area contributed by atoms with Gasteiger partial charge in [0.1, 0.15) is 0 Å². The van der Waals surface area contributed by atoms with Gasteiger partial charge >= 0.3 is 0 Å². The number of carbonyl (C=O) groups excluding carboxylic acids is 3. The fourth-order valence-electron chi connectivity index (χ4n) is 3.01. The topological polar surface area (TPSA) is 57.7 Å². The standard InChI is InChI=1S/C19H18BrClN2O3S/c1-2-22(11-13-6-8-16(21)27-13)17(24)4-3-9-23-18(25)14-7-5-12(20)10-15(14)19(23)26/h5-8,10H,2-4,9,11H2,1H3. The van der Waals surface area contributed by atoms with E-state index in [2.05, 4.69) is 15.9 Å². The van der Waals surface area contributed by atoms with Gasteiger partial charge in [0.2, 0.25) is 5.91 Å². The number of nitrogens with zero attached hydrogens (tertiary/aromatic N) is 2. The van der Waals surface area contributed by atoms with E-state index in [0.717, 1.165) is 9.35 Å². The number of fused-ring (bicyclic) bond motifs is 1. The van der Waals surface area contributed by atoms with Gasteiger partial charge in [-0.3, -0.25) is 19.3 Å². The van der Waals surface area contributed by atoms with Crippen molar-refractivity contribution in [3.8, 4) is 0 Å². The van der Waals surface area contributed by atoms with E-state index in [0.29, 0.717) is 35.0 Å². The van der Waals surface area contributed by atoms with Crippen LogP contribution in [0.25, 0.3) is 0 Å². The highest BCUT2D eigenvalue weighted by molar-refractivity contribution is 9.10. The molecule has 5 nitrogen and oxygen atoms in total. The minimum atomic E-state index is -0.302. The molecule has 8 heteroatoms. The monoisotopic (exact) mass is 468 g/mol. The van der Waals surface area contributed by atoms with Crippen molar-refractivity contribution < 1.29 is 14.4 Å². The Kier molecular flexibility index (Phi) is 6.34. The minimum absolute atomic E-state index is 0.00127. The fraction of sp³-hybridized carbons (Fsp3) is 0.316. The molecule has 2 heterocycles. The quantitative estimate of drug-likeness (QED) is 0.557. The Morgan fingerprint density at radius 2 is 1.93 bits per heavy atom. The summed E-state index contributed by atoms with van der Waals surface area (Å²) in [5, 5.41) is 0. The molecule has 0 atom stereocenters. The summed E-state index contributed by atoms with van der Waals surface area (Å²) in [6.07, 6.45) is 0.719. The molecule has 0 unspecified atom stereocenters. The van der Waals surface area contributed by atoms with Gasteiger partial charge in [0.25, 0.3) is 11.8 Å². The molecule has 3 amide bonds. The first-order valence-electron chi connectivity index (χ1n) is 8.58. The highest BCUT2D eigenvalue weighted by Crippen LogP contribution is 2.26. The molecule has 27 heavy (non-hydrogen) atoms. The van der Waals surface area contributed by atoms with E-state index in [1.165, 1.54) is 16.2 Å². The SMILES string of the molecule is CCN(Cc1ccc(Cl)s1)C(=O)CCCN1C(=O)c2ccc(Br)cc2C1=O. The molecule has 0 aliphatic carbocycles. The third-order valence-electron chi connectivity index (χ3n) is 4.42. The first-order valence-corrected chi connectivity index (χ1v) is 10.6. The largest absolute Gasteiger partial charge is 0.338 e. The van der Waals surface area contributed by atoms with Gasteiger partial charge < -0.3 is 4.90 Å². The van der Waals surface area contributed by atoms with Crippen LogP contribution in [0.2, 0.25) is 4.34 Å². The molecule has 1 aliphatic heterocycles. The minimum Gasteiger partial charge on any atom is -0.338 e. The molecular formula is C19H18BrClN2O3S. The summed E-state index contributed by atoms with van der Waals surface area (Å²) < 4.78 is 1.46. The van der Waals surface area contributed by atoms with Crippen molar-refractivity contribution in [3.63, 3.8) is 0 Å². The lowest BCUT2D eigenvalue weighted by atomic mass is 10.1. The number of halogens is 2. The zero-order valence-electron chi connectivity index (χ0n) is 14.7. The summed E-state index contributed by atoms with van der Waals surface area (Å²) in [7, 11) is 0. The second-order valence-corrected chi connectivity index (χ2v) is 8.88. The summed E-state index contributed by atoms with van der Waals surface area (Å²) in [5.41, 5.74) is 0.824. The van der Waals surface area contributed by atoms with Crippen molar-refractivity contribution in [2.75, 3.05) is 13.1 Å². The molecular weight excluding hydrogens is 452 g/mol. The Hall–Kier alpha value is -1.70. The van der Waals surface area contributed by atoms with E-state index in [4.69, 9.17) is 11.6 Å². The van der Waals surface area contributed by atoms with Crippen LogP contribution in [-0.4, -0.2) is 40.6 Å². The Labute approximate surface area is 175 Å². The molecule has 142 valence electrons. The van der Waals surface area contributed by atoms with Gasteiger partial charge in [-0.2, -0.15) is 0 Å². The predicted molar refractivity (Wildman–Crippen MR) is 109 cm³/mol. The van der Waals surface area contributed by atoms with Crippen LogP contribution in [0.15, 0.2) is 34.8 Å². The summed E-state index contributed by atoms with van der Waals surface area (Å²) in [6, 6.07) is 8.79. The van der Waals surface area contributed by atoms with Gasteiger partial charge in [-0.1, -0.05) is 27.5 Å².